The van der Waals surface area contributed by atoms with Gasteiger partial charge in [0.05, 0.1) is 16.1 Å². The molecule has 1 aromatic carbocycles. The van der Waals surface area contributed by atoms with E-state index >= 15 is 0 Å². The zero-order valence-electron chi connectivity index (χ0n) is 13.6. The fourth-order valence-electron chi connectivity index (χ4n) is 3.50. The van der Waals surface area contributed by atoms with Gasteiger partial charge in [-0.2, -0.15) is 0 Å². The molecule has 0 aliphatic heterocycles. The number of hydrogen-bond acceptors (Lipinski definition) is 5. The van der Waals surface area contributed by atoms with Gasteiger partial charge in [-0.05, 0) is 30.5 Å². The van der Waals surface area contributed by atoms with Gasteiger partial charge in [-0.15, -0.1) is 0 Å². The van der Waals surface area contributed by atoms with Gasteiger partial charge in [0.1, 0.15) is 23.6 Å². The van der Waals surface area contributed by atoms with E-state index in [1.165, 1.54) is 6.33 Å². The Balaban J connectivity index is 1.90. The highest BCUT2D eigenvalue weighted by molar-refractivity contribution is 6.33. The van der Waals surface area contributed by atoms with E-state index in [-0.39, 0.29) is 6.04 Å². The smallest absolute Gasteiger partial charge is 0.146 e. The zero-order valence-corrected chi connectivity index (χ0v) is 14.3. The lowest BCUT2D eigenvalue weighted by atomic mass is 9.94. The van der Waals surface area contributed by atoms with E-state index in [0.717, 1.165) is 35.0 Å². The van der Waals surface area contributed by atoms with E-state index in [1.54, 1.807) is 6.07 Å². The zero-order chi connectivity index (χ0) is 17.6. The summed E-state index contributed by atoms with van der Waals surface area (Å²) in [5, 5.41) is 1.30. The molecule has 0 radical (unpaired) electrons. The average Bonchev–Trinajstić information content (AvgIpc) is 2.99. The van der Waals surface area contributed by atoms with Crippen LogP contribution in [0.5, 0.6) is 0 Å². The third kappa shape index (κ3) is 2.72. The summed E-state index contributed by atoms with van der Waals surface area (Å²) in [6.07, 6.45) is 6.35. The molecule has 4 rings (SSSR count). The lowest BCUT2D eigenvalue weighted by molar-refractivity contribution is -0.120. The number of aromatic nitrogens is 3. The number of halogens is 1. The summed E-state index contributed by atoms with van der Waals surface area (Å²) in [4.78, 5) is 20.2. The third-order valence-electron chi connectivity index (χ3n) is 4.86. The Morgan fingerprint density at radius 2 is 1.92 bits per heavy atom. The van der Waals surface area contributed by atoms with Gasteiger partial charge in [-0.25, -0.2) is 9.97 Å². The third-order valence-corrected chi connectivity index (χ3v) is 5.18. The van der Waals surface area contributed by atoms with Crippen LogP contribution >= 0.6 is 11.6 Å². The molecule has 0 unspecified atom stereocenters. The summed E-state index contributed by atoms with van der Waals surface area (Å²) in [7, 11) is 0. The fourth-order valence-corrected chi connectivity index (χ4v) is 3.68. The number of nitrogens with two attached hydrogens (primary N) is 2. The Morgan fingerprint density at radius 3 is 2.64 bits per heavy atom. The Morgan fingerprint density at radius 1 is 1.16 bits per heavy atom. The molecule has 2 aromatic heterocycles. The number of nitrogen functional groups attached to an aromatic ring is 2. The van der Waals surface area contributed by atoms with Crippen molar-refractivity contribution in [3.8, 4) is 11.1 Å². The van der Waals surface area contributed by atoms with Gasteiger partial charge in [0, 0.05) is 30.6 Å². The monoisotopic (exact) mass is 355 g/mol. The first-order valence-electron chi connectivity index (χ1n) is 8.22. The standard InChI is InChI=1S/C18H18ClN5O/c19-14-7-10(1-6-15(14)20)13-8-24(11-2-4-12(25)5-3-11)18-16(13)17(21)22-9-23-18/h1,6-9,11H,2-5,20H2,(H2,21,22,23). The molecule has 3 aromatic rings. The van der Waals surface area contributed by atoms with Crippen molar-refractivity contribution in [3.05, 3.63) is 35.7 Å². The minimum atomic E-state index is 0.229. The molecule has 0 atom stereocenters. The predicted molar refractivity (Wildman–Crippen MR) is 99.3 cm³/mol. The van der Waals surface area contributed by atoms with Crippen LogP contribution in [0.15, 0.2) is 30.7 Å². The van der Waals surface area contributed by atoms with Crippen molar-refractivity contribution in [1.82, 2.24) is 14.5 Å². The van der Waals surface area contributed by atoms with Crippen LogP contribution in [0.2, 0.25) is 5.02 Å². The number of Topliss-reactive ketones (excluding diaryl/α,β-unsaturated/α-hetero) is 1. The van der Waals surface area contributed by atoms with E-state index < -0.39 is 0 Å². The van der Waals surface area contributed by atoms with Crippen molar-refractivity contribution in [1.29, 1.82) is 0 Å². The summed E-state index contributed by atoms with van der Waals surface area (Å²) >= 11 is 6.19. The van der Waals surface area contributed by atoms with Gasteiger partial charge >= 0.3 is 0 Å². The maximum absolute atomic E-state index is 11.6. The maximum atomic E-state index is 11.6. The van der Waals surface area contributed by atoms with E-state index in [9.17, 15) is 4.79 Å². The van der Waals surface area contributed by atoms with Crippen molar-refractivity contribution < 1.29 is 4.79 Å². The quantitative estimate of drug-likeness (QED) is 0.684. The minimum absolute atomic E-state index is 0.229. The number of fused-ring (bicyclic) bond motifs is 1. The minimum Gasteiger partial charge on any atom is -0.398 e. The van der Waals surface area contributed by atoms with Crippen molar-refractivity contribution in [2.24, 2.45) is 0 Å². The lowest BCUT2D eigenvalue weighted by Gasteiger charge is -2.23. The number of ketones is 1. The molecule has 128 valence electrons. The first kappa shape index (κ1) is 15.9. The second kappa shape index (κ2) is 6.04. The van der Waals surface area contributed by atoms with Gasteiger partial charge in [-0.3, -0.25) is 4.79 Å². The molecule has 6 nitrogen and oxygen atoms in total. The van der Waals surface area contributed by atoms with Gasteiger partial charge < -0.3 is 16.0 Å². The molecule has 25 heavy (non-hydrogen) atoms. The summed E-state index contributed by atoms with van der Waals surface area (Å²) in [5.74, 6) is 0.756. The Kier molecular flexibility index (Phi) is 3.84. The molecular weight excluding hydrogens is 338 g/mol. The van der Waals surface area contributed by atoms with E-state index in [0.29, 0.717) is 35.2 Å². The molecule has 4 N–H and O–H groups in total. The summed E-state index contributed by atoms with van der Waals surface area (Å²) in [6, 6.07) is 5.75. The second-order valence-corrected chi connectivity index (χ2v) is 6.82. The SMILES string of the molecule is Nc1ccc(-c2cn(C3CCC(=O)CC3)c3ncnc(N)c23)cc1Cl. The molecule has 2 heterocycles. The highest BCUT2D eigenvalue weighted by Crippen LogP contribution is 2.38. The van der Waals surface area contributed by atoms with Crippen molar-refractivity contribution >= 4 is 39.9 Å². The molecular formula is C18H18ClN5O. The van der Waals surface area contributed by atoms with E-state index in [2.05, 4.69) is 14.5 Å². The van der Waals surface area contributed by atoms with E-state index in [1.807, 2.05) is 18.3 Å². The largest absolute Gasteiger partial charge is 0.398 e. The Labute approximate surface area is 149 Å². The fraction of sp³-hybridized carbons (Fsp3) is 0.278. The summed E-state index contributed by atoms with van der Waals surface area (Å²) in [6.45, 7) is 0. The molecule has 0 bridgehead atoms. The van der Waals surface area contributed by atoms with Crippen LogP contribution in [-0.2, 0) is 4.79 Å². The van der Waals surface area contributed by atoms with Crippen LogP contribution in [-0.4, -0.2) is 20.3 Å². The van der Waals surface area contributed by atoms with Crippen molar-refractivity contribution in [2.45, 2.75) is 31.7 Å². The number of anilines is 2. The average molecular weight is 356 g/mol. The highest BCUT2D eigenvalue weighted by Gasteiger charge is 2.24. The summed E-state index contributed by atoms with van der Waals surface area (Å²) < 4.78 is 2.12. The Bertz CT molecular complexity index is 971. The van der Waals surface area contributed by atoms with Crippen LogP contribution < -0.4 is 11.5 Å². The van der Waals surface area contributed by atoms with Crippen molar-refractivity contribution in [2.75, 3.05) is 11.5 Å². The number of rotatable bonds is 2. The first-order chi connectivity index (χ1) is 12.0. The highest BCUT2D eigenvalue weighted by atomic mass is 35.5. The number of benzene rings is 1. The van der Waals surface area contributed by atoms with Crippen molar-refractivity contribution in [3.63, 3.8) is 0 Å². The number of nitrogens with zero attached hydrogens (tertiary/aromatic N) is 3. The molecule has 1 fully saturated rings. The molecule has 0 amide bonds. The maximum Gasteiger partial charge on any atom is 0.146 e. The lowest BCUT2D eigenvalue weighted by Crippen LogP contribution is -2.17. The molecule has 0 saturated heterocycles. The van der Waals surface area contributed by atoms with Gasteiger partial charge in [0.2, 0.25) is 0 Å². The van der Waals surface area contributed by atoms with Crippen LogP contribution in [0.1, 0.15) is 31.7 Å². The van der Waals surface area contributed by atoms with Crippen LogP contribution in [0, 0.1) is 0 Å². The van der Waals surface area contributed by atoms with Gasteiger partial charge in [0.25, 0.3) is 0 Å². The number of hydrogen-bond donors (Lipinski definition) is 2. The van der Waals surface area contributed by atoms with Crippen LogP contribution in [0.3, 0.4) is 0 Å². The predicted octanol–water partition coefficient (Wildman–Crippen LogP) is 3.60. The topological polar surface area (TPSA) is 99.8 Å². The number of carbonyl (C=O) groups is 1. The second-order valence-electron chi connectivity index (χ2n) is 6.41. The van der Waals surface area contributed by atoms with Gasteiger partial charge in [-0.1, -0.05) is 17.7 Å². The molecule has 1 aliphatic carbocycles. The molecule has 0 spiro atoms. The summed E-state index contributed by atoms with van der Waals surface area (Å²) in [5.41, 5.74) is 15.1. The van der Waals surface area contributed by atoms with Crippen LogP contribution in [0.25, 0.3) is 22.2 Å². The number of carbonyl (C=O) groups excluding carboxylic acids is 1. The molecule has 1 saturated carbocycles. The normalized spacial score (nSPS) is 15.8. The van der Waals surface area contributed by atoms with Crippen LogP contribution in [0.4, 0.5) is 11.5 Å². The molecule has 7 heteroatoms. The van der Waals surface area contributed by atoms with Gasteiger partial charge in [0.15, 0.2) is 0 Å². The van der Waals surface area contributed by atoms with E-state index in [4.69, 9.17) is 23.1 Å². The first-order valence-corrected chi connectivity index (χ1v) is 8.60. The Hall–Kier alpha value is -2.60. The molecule has 1 aliphatic rings.